The van der Waals surface area contributed by atoms with E-state index < -0.39 is 0 Å². The lowest BCUT2D eigenvalue weighted by Gasteiger charge is -2.10. The number of para-hydroxylation sites is 2. The monoisotopic (exact) mass is 481 g/mol. The fourth-order valence-electron chi connectivity index (χ4n) is 5.23. The molecule has 0 bridgehead atoms. The van der Waals surface area contributed by atoms with Crippen LogP contribution in [0.5, 0.6) is 0 Å². The van der Waals surface area contributed by atoms with Gasteiger partial charge in [-0.2, -0.15) is 0 Å². The molecule has 3 heterocycles. The highest BCUT2D eigenvalue weighted by Crippen LogP contribution is 2.38. The molecule has 0 unspecified atom stereocenters. The Balaban J connectivity index is 1.28. The molecule has 0 saturated heterocycles. The summed E-state index contributed by atoms with van der Waals surface area (Å²) in [4.78, 5) is 7.32. The topological polar surface area (TPSA) is 26.0 Å². The van der Waals surface area contributed by atoms with E-state index >= 15 is 0 Å². The first kappa shape index (κ1) is 21.1. The van der Waals surface area contributed by atoms with E-state index in [2.05, 4.69) is 105 Å². The number of benzene rings is 4. The van der Waals surface area contributed by atoms with Crippen LogP contribution in [0.1, 0.15) is 11.1 Å². The number of hydrogen-bond donors (Lipinski definition) is 0. The van der Waals surface area contributed by atoms with Crippen molar-refractivity contribution >= 4 is 43.5 Å². The number of hydrogen-bond acceptors (Lipinski definition) is 3. The Kier molecular flexibility index (Phi) is 4.80. The molecule has 0 amide bonds. The minimum absolute atomic E-state index is 0.893. The fraction of sp³-hybridized carbons (Fsp3) is 0.0606. The van der Waals surface area contributed by atoms with E-state index in [0.29, 0.717) is 0 Å². The zero-order chi connectivity index (χ0) is 24.2. The van der Waals surface area contributed by atoms with Gasteiger partial charge in [0.05, 0.1) is 5.69 Å². The number of furan rings is 1. The summed E-state index contributed by atoms with van der Waals surface area (Å²) in [6, 6.07) is 36.4. The van der Waals surface area contributed by atoms with Crippen molar-refractivity contribution in [2.45, 2.75) is 13.8 Å². The maximum absolute atomic E-state index is 6.25. The largest absolute Gasteiger partial charge is 0.455 e. The quantitative estimate of drug-likeness (QED) is 0.251. The number of nitrogens with zero attached hydrogens (tertiary/aromatic N) is 1. The summed E-state index contributed by atoms with van der Waals surface area (Å²) in [6.45, 7) is 4.36. The molecule has 0 N–H and O–H groups in total. The molecule has 0 radical (unpaired) electrons. The van der Waals surface area contributed by atoms with E-state index in [9.17, 15) is 0 Å². The van der Waals surface area contributed by atoms with Crippen molar-refractivity contribution in [1.82, 2.24) is 4.98 Å². The molecule has 172 valence electrons. The normalized spacial score (nSPS) is 11.6. The SMILES string of the molecule is Cc1cccc(C)c1-c1ccc(-c2cc3ccc(-c4cccc5c4oc4ccccc45)nc3s2)cc1. The number of fused-ring (bicyclic) bond motifs is 4. The molecular weight excluding hydrogens is 458 g/mol. The Hall–Kier alpha value is -4.21. The van der Waals surface area contributed by atoms with Gasteiger partial charge in [0.2, 0.25) is 0 Å². The van der Waals surface area contributed by atoms with Crippen LogP contribution in [0.2, 0.25) is 0 Å². The van der Waals surface area contributed by atoms with Crippen molar-refractivity contribution < 1.29 is 4.42 Å². The highest BCUT2D eigenvalue weighted by Gasteiger charge is 2.14. The van der Waals surface area contributed by atoms with Gasteiger partial charge in [0.15, 0.2) is 0 Å². The molecule has 0 fully saturated rings. The Morgan fingerprint density at radius 3 is 2.22 bits per heavy atom. The van der Waals surface area contributed by atoms with Crippen LogP contribution < -0.4 is 0 Å². The fourth-order valence-corrected chi connectivity index (χ4v) is 6.27. The second-order valence-corrected chi connectivity index (χ2v) is 10.4. The highest BCUT2D eigenvalue weighted by molar-refractivity contribution is 7.21. The van der Waals surface area contributed by atoms with Crippen LogP contribution >= 0.6 is 11.3 Å². The first-order valence-corrected chi connectivity index (χ1v) is 13.0. The van der Waals surface area contributed by atoms with Gasteiger partial charge >= 0.3 is 0 Å². The van der Waals surface area contributed by atoms with Gasteiger partial charge in [-0.25, -0.2) is 4.98 Å². The zero-order valence-electron chi connectivity index (χ0n) is 20.1. The molecule has 7 aromatic rings. The molecule has 0 saturated carbocycles. The third-order valence-corrected chi connectivity index (χ3v) is 8.10. The van der Waals surface area contributed by atoms with Gasteiger partial charge in [-0.15, -0.1) is 11.3 Å². The second-order valence-electron chi connectivity index (χ2n) is 9.33. The molecule has 0 aliphatic heterocycles. The lowest BCUT2D eigenvalue weighted by Crippen LogP contribution is -1.87. The highest BCUT2D eigenvalue weighted by atomic mass is 32.1. The van der Waals surface area contributed by atoms with Crippen molar-refractivity contribution in [3.63, 3.8) is 0 Å². The van der Waals surface area contributed by atoms with Gasteiger partial charge in [0, 0.05) is 26.6 Å². The Labute approximate surface area is 213 Å². The van der Waals surface area contributed by atoms with Gasteiger partial charge in [-0.1, -0.05) is 72.8 Å². The maximum atomic E-state index is 6.25. The van der Waals surface area contributed by atoms with E-state index in [-0.39, 0.29) is 0 Å². The second kappa shape index (κ2) is 8.18. The lowest BCUT2D eigenvalue weighted by molar-refractivity contribution is 0.670. The van der Waals surface area contributed by atoms with Crippen LogP contribution in [0.25, 0.3) is 65.0 Å². The summed E-state index contributed by atoms with van der Waals surface area (Å²) in [5.41, 5.74) is 10.2. The first-order chi connectivity index (χ1) is 17.7. The molecular formula is C33H23NOS. The Morgan fingerprint density at radius 1 is 0.667 bits per heavy atom. The molecule has 3 heteroatoms. The molecule has 3 aromatic heterocycles. The molecule has 0 atom stereocenters. The van der Waals surface area contributed by atoms with Crippen molar-refractivity contribution in [3.8, 4) is 32.8 Å². The van der Waals surface area contributed by atoms with Crippen LogP contribution in [0.15, 0.2) is 108 Å². The standard InChI is InChI=1S/C33H23NOS/c1-20-7-5-8-21(2)31(20)23-15-13-22(14-16-23)30-19-24-17-18-28(34-33(24)36-30)27-11-6-10-26-25-9-3-4-12-29(25)35-32(26)27/h3-19H,1-2H3. The Bertz CT molecular complexity index is 1890. The van der Waals surface area contributed by atoms with E-state index in [1.807, 2.05) is 12.1 Å². The predicted molar refractivity (Wildman–Crippen MR) is 153 cm³/mol. The van der Waals surface area contributed by atoms with Gasteiger partial charge in [-0.05, 0) is 72.0 Å². The summed E-state index contributed by atoms with van der Waals surface area (Å²) in [5, 5.41) is 3.42. The average Bonchev–Trinajstić information content (AvgIpc) is 3.50. The van der Waals surface area contributed by atoms with Crippen LogP contribution in [0.3, 0.4) is 0 Å². The van der Waals surface area contributed by atoms with Gasteiger partial charge in [0.1, 0.15) is 16.0 Å². The van der Waals surface area contributed by atoms with Crippen molar-refractivity contribution in [2.75, 3.05) is 0 Å². The summed E-state index contributed by atoms with van der Waals surface area (Å²) in [7, 11) is 0. The number of rotatable bonds is 3. The Morgan fingerprint density at radius 2 is 1.39 bits per heavy atom. The van der Waals surface area contributed by atoms with Gasteiger partial charge in [-0.3, -0.25) is 0 Å². The van der Waals surface area contributed by atoms with E-state index in [1.54, 1.807) is 11.3 Å². The number of aromatic nitrogens is 1. The number of aryl methyl sites for hydroxylation is 2. The van der Waals surface area contributed by atoms with Crippen LogP contribution in [0, 0.1) is 13.8 Å². The summed E-state index contributed by atoms with van der Waals surface area (Å²) >= 11 is 1.74. The van der Waals surface area contributed by atoms with Gasteiger partial charge < -0.3 is 4.42 Å². The van der Waals surface area contributed by atoms with E-state index in [1.165, 1.54) is 32.7 Å². The summed E-state index contributed by atoms with van der Waals surface area (Å²) < 4.78 is 6.25. The van der Waals surface area contributed by atoms with E-state index in [4.69, 9.17) is 9.40 Å². The molecule has 4 aromatic carbocycles. The first-order valence-electron chi connectivity index (χ1n) is 12.1. The zero-order valence-corrected chi connectivity index (χ0v) is 20.9. The average molecular weight is 482 g/mol. The smallest absolute Gasteiger partial charge is 0.144 e. The molecule has 0 spiro atoms. The van der Waals surface area contributed by atoms with Crippen LogP contribution in [0.4, 0.5) is 0 Å². The summed E-state index contributed by atoms with van der Waals surface area (Å²) in [5.74, 6) is 0. The molecule has 36 heavy (non-hydrogen) atoms. The van der Waals surface area contributed by atoms with Crippen molar-refractivity contribution in [1.29, 1.82) is 0 Å². The van der Waals surface area contributed by atoms with Crippen molar-refractivity contribution in [2.24, 2.45) is 0 Å². The predicted octanol–water partition coefficient (Wildman–Crippen LogP) is 9.81. The lowest BCUT2D eigenvalue weighted by atomic mass is 9.95. The minimum atomic E-state index is 0.893. The van der Waals surface area contributed by atoms with Crippen LogP contribution in [-0.2, 0) is 0 Å². The molecule has 7 rings (SSSR count). The molecule has 0 aliphatic rings. The summed E-state index contributed by atoms with van der Waals surface area (Å²) in [6.07, 6.45) is 0. The number of pyridine rings is 1. The van der Waals surface area contributed by atoms with E-state index in [0.717, 1.165) is 43.4 Å². The maximum Gasteiger partial charge on any atom is 0.144 e. The third-order valence-electron chi connectivity index (χ3n) is 7.00. The molecule has 0 aliphatic carbocycles. The third kappa shape index (κ3) is 3.35. The number of thiophene rings is 1. The van der Waals surface area contributed by atoms with Gasteiger partial charge in [0.25, 0.3) is 0 Å². The van der Waals surface area contributed by atoms with Crippen LogP contribution in [-0.4, -0.2) is 4.98 Å². The molecule has 2 nitrogen and oxygen atoms in total. The minimum Gasteiger partial charge on any atom is -0.455 e. The van der Waals surface area contributed by atoms with Crippen molar-refractivity contribution in [3.05, 3.63) is 114 Å².